The molecule has 2 saturated carbocycles. The second kappa shape index (κ2) is 6.81. The van der Waals surface area contributed by atoms with Crippen molar-refractivity contribution in [2.75, 3.05) is 26.2 Å². The van der Waals surface area contributed by atoms with E-state index in [-0.39, 0.29) is 11.8 Å². The fourth-order valence-corrected chi connectivity index (χ4v) is 5.30. The summed E-state index contributed by atoms with van der Waals surface area (Å²) in [6, 6.07) is 4.90. The molecule has 4 rings (SSSR count). The van der Waals surface area contributed by atoms with Gasteiger partial charge in [-0.2, -0.15) is 0 Å². The van der Waals surface area contributed by atoms with Crippen molar-refractivity contribution in [3.8, 4) is 0 Å². The van der Waals surface area contributed by atoms with E-state index in [1.165, 1.54) is 19.3 Å². The number of piperazine rings is 1. The zero-order valence-electron chi connectivity index (χ0n) is 14.1. The Labute approximate surface area is 158 Å². The van der Waals surface area contributed by atoms with Gasteiger partial charge < -0.3 is 9.80 Å². The topological polar surface area (TPSA) is 40.6 Å². The van der Waals surface area contributed by atoms with Gasteiger partial charge in [-0.3, -0.25) is 9.59 Å². The molecule has 3 unspecified atom stereocenters. The third-order valence-electron chi connectivity index (χ3n) is 6.04. The summed E-state index contributed by atoms with van der Waals surface area (Å²) in [6.07, 6.45) is 4.84. The van der Waals surface area contributed by atoms with Crippen LogP contribution in [0.25, 0.3) is 0 Å². The predicted molar refractivity (Wildman–Crippen MR) is 97.9 cm³/mol. The number of benzene rings is 1. The Balaban J connectivity index is 1.36. The van der Waals surface area contributed by atoms with Crippen molar-refractivity contribution in [1.29, 1.82) is 0 Å². The predicted octanol–water partition coefficient (Wildman–Crippen LogP) is 3.71. The molecule has 2 aliphatic carbocycles. The molecule has 1 aromatic carbocycles. The number of nitrogens with zero attached hydrogens (tertiary/aromatic N) is 2. The Morgan fingerprint density at radius 1 is 0.880 bits per heavy atom. The summed E-state index contributed by atoms with van der Waals surface area (Å²) in [5, 5.41) is 0.918. The summed E-state index contributed by atoms with van der Waals surface area (Å²) in [7, 11) is 0. The van der Waals surface area contributed by atoms with Gasteiger partial charge in [0.25, 0.3) is 5.91 Å². The Hall–Kier alpha value is -1.26. The first-order valence-electron chi connectivity index (χ1n) is 9.05. The van der Waals surface area contributed by atoms with Gasteiger partial charge in [0.2, 0.25) is 5.91 Å². The summed E-state index contributed by atoms with van der Waals surface area (Å²) in [6.45, 7) is 2.37. The quantitative estimate of drug-likeness (QED) is 0.784. The third kappa shape index (κ3) is 3.39. The second-order valence-corrected chi connectivity index (χ2v) is 8.43. The molecule has 134 valence electrons. The minimum atomic E-state index is -0.0728. The Bertz CT molecular complexity index is 680. The lowest BCUT2D eigenvalue weighted by Crippen LogP contribution is -2.52. The summed E-state index contributed by atoms with van der Waals surface area (Å²) in [4.78, 5) is 29.2. The normalized spacial score (nSPS) is 28.5. The van der Waals surface area contributed by atoms with E-state index in [1.807, 2.05) is 4.90 Å². The van der Waals surface area contributed by atoms with E-state index in [2.05, 4.69) is 0 Å². The molecule has 1 aromatic rings. The van der Waals surface area contributed by atoms with E-state index in [1.54, 1.807) is 23.1 Å². The van der Waals surface area contributed by atoms with Gasteiger partial charge in [0, 0.05) is 47.7 Å². The van der Waals surface area contributed by atoms with Crippen LogP contribution in [0.4, 0.5) is 0 Å². The highest BCUT2D eigenvalue weighted by atomic mass is 35.5. The lowest BCUT2D eigenvalue weighted by Gasteiger charge is -2.37. The minimum Gasteiger partial charge on any atom is -0.339 e. The van der Waals surface area contributed by atoms with Crippen LogP contribution >= 0.6 is 23.2 Å². The van der Waals surface area contributed by atoms with Gasteiger partial charge in [0.1, 0.15) is 0 Å². The van der Waals surface area contributed by atoms with Crippen molar-refractivity contribution >= 4 is 35.0 Å². The van der Waals surface area contributed by atoms with Crippen molar-refractivity contribution in [1.82, 2.24) is 9.80 Å². The monoisotopic (exact) mass is 380 g/mol. The van der Waals surface area contributed by atoms with Gasteiger partial charge in [0.15, 0.2) is 0 Å². The number of hydrogen-bond acceptors (Lipinski definition) is 2. The number of carbonyl (C=O) groups excluding carboxylic acids is 2. The van der Waals surface area contributed by atoms with Gasteiger partial charge in [0.05, 0.1) is 0 Å². The van der Waals surface area contributed by atoms with E-state index < -0.39 is 0 Å². The molecule has 0 aromatic heterocycles. The Morgan fingerprint density at radius 3 is 2.08 bits per heavy atom. The molecule has 2 amide bonds. The Kier molecular flexibility index (Phi) is 4.67. The molecule has 0 spiro atoms. The standard InChI is InChI=1S/C19H22Cl2N2O2/c20-15-9-14(10-16(21)11-15)18(24)22-3-5-23(6-4-22)19(25)17-8-12-1-2-13(17)7-12/h9-13,17H,1-8H2. The zero-order chi connectivity index (χ0) is 17.6. The molecule has 0 N–H and O–H groups in total. The summed E-state index contributed by atoms with van der Waals surface area (Å²) in [5.74, 6) is 1.84. The maximum atomic E-state index is 12.8. The van der Waals surface area contributed by atoms with Crippen molar-refractivity contribution in [3.63, 3.8) is 0 Å². The lowest BCUT2D eigenvalue weighted by molar-refractivity contribution is -0.138. The molecule has 2 bridgehead atoms. The van der Waals surface area contributed by atoms with Crippen LogP contribution in [0.5, 0.6) is 0 Å². The van der Waals surface area contributed by atoms with Crippen LogP contribution in [0.1, 0.15) is 36.0 Å². The highest BCUT2D eigenvalue weighted by Crippen LogP contribution is 2.48. The van der Waals surface area contributed by atoms with Gasteiger partial charge in [-0.25, -0.2) is 0 Å². The number of fused-ring (bicyclic) bond motifs is 2. The summed E-state index contributed by atoms with van der Waals surface area (Å²) < 4.78 is 0. The van der Waals surface area contributed by atoms with Gasteiger partial charge in [-0.1, -0.05) is 29.6 Å². The van der Waals surface area contributed by atoms with Gasteiger partial charge >= 0.3 is 0 Å². The highest BCUT2D eigenvalue weighted by molar-refractivity contribution is 6.35. The molecule has 4 nitrogen and oxygen atoms in total. The van der Waals surface area contributed by atoms with Crippen molar-refractivity contribution in [2.24, 2.45) is 17.8 Å². The molecule has 3 fully saturated rings. The first-order valence-corrected chi connectivity index (χ1v) is 9.81. The number of carbonyl (C=O) groups is 2. The largest absolute Gasteiger partial charge is 0.339 e. The van der Waals surface area contributed by atoms with Gasteiger partial charge in [-0.05, 0) is 49.3 Å². The minimum absolute atomic E-state index is 0.0728. The number of halogens is 2. The molecule has 1 heterocycles. The summed E-state index contributed by atoms with van der Waals surface area (Å²) in [5.41, 5.74) is 0.505. The second-order valence-electron chi connectivity index (χ2n) is 7.56. The van der Waals surface area contributed by atoms with Crippen LogP contribution in [0, 0.1) is 17.8 Å². The fraction of sp³-hybridized carbons (Fsp3) is 0.579. The van der Waals surface area contributed by atoms with Crippen molar-refractivity contribution < 1.29 is 9.59 Å². The SMILES string of the molecule is O=C(c1cc(Cl)cc(Cl)c1)N1CCN(C(=O)C2CC3CCC2C3)CC1. The molecule has 25 heavy (non-hydrogen) atoms. The number of hydrogen-bond donors (Lipinski definition) is 0. The molecule has 1 saturated heterocycles. The molecular weight excluding hydrogens is 359 g/mol. The average Bonchev–Trinajstić information content (AvgIpc) is 3.23. The number of rotatable bonds is 2. The number of amides is 2. The Morgan fingerprint density at radius 2 is 1.52 bits per heavy atom. The van der Waals surface area contributed by atoms with Crippen LogP contribution in [0.2, 0.25) is 10.0 Å². The van der Waals surface area contributed by atoms with E-state index >= 15 is 0 Å². The van der Waals surface area contributed by atoms with Crippen molar-refractivity contribution in [2.45, 2.75) is 25.7 Å². The molecule has 3 aliphatic rings. The van der Waals surface area contributed by atoms with Crippen LogP contribution in [-0.2, 0) is 4.79 Å². The highest BCUT2D eigenvalue weighted by Gasteiger charge is 2.44. The molecular formula is C19H22Cl2N2O2. The lowest BCUT2D eigenvalue weighted by atomic mass is 9.87. The van der Waals surface area contributed by atoms with Crippen molar-refractivity contribution in [3.05, 3.63) is 33.8 Å². The molecule has 0 radical (unpaired) electrons. The first-order chi connectivity index (χ1) is 12.0. The molecule has 1 aliphatic heterocycles. The summed E-state index contributed by atoms with van der Waals surface area (Å²) >= 11 is 12.0. The van der Waals surface area contributed by atoms with E-state index in [0.29, 0.717) is 53.6 Å². The van der Waals surface area contributed by atoms with E-state index in [4.69, 9.17) is 23.2 Å². The zero-order valence-corrected chi connectivity index (χ0v) is 15.6. The third-order valence-corrected chi connectivity index (χ3v) is 6.48. The van der Waals surface area contributed by atoms with Crippen LogP contribution in [0.3, 0.4) is 0 Å². The average molecular weight is 381 g/mol. The molecule has 3 atom stereocenters. The fourth-order valence-electron chi connectivity index (χ4n) is 4.77. The van der Waals surface area contributed by atoms with Crippen LogP contribution < -0.4 is 0 Å². The van der Waals surface area contributed by atoms with Gasteiger partial charge in [-0.15, -0.1) is 0 Å². The van der Waals surface area contributed by atoms with Crippen LogP contribution in [-0.4, -0.2) is 47.8 Å². The van der Waals surface area contributed by atoms with E-state index in [9.17, 15) is 9.59 Å². The maximum absolute atomic E-state index is 12.8. The first kappa shape index (κ1) is 17.2. The maximum Gasteiger partial charge on any atom is 0.254 e. The van der Waals surface area contributed by atoms with E-state index in [0.717, 1.165) is 12.3 Å². The molecule has 6 heteroatoms. The van der Waals surface area contributed by atoms with Crippen LogP contribution in [0.15, 0.2) is 18.2 Å². The smallest absolute Gasteiger partial charge is 0.254 e.